The molecule has 2 N–H and O–H groups in total. The maximum Gasteiger partial charge on any atom is 0.191 e. The number of aliphatic imine (C=N–C) groups is 1. The predicted octanol–water partition coefficient (Wildman–Crippen LogP) is 3.00. The summed E-state index contributed by atoms with van der Waals surface area (Å²) in [7, 11) is 4.03. The zero-order valence-electron chi connectivity index (χ0n) is 16.6. The van der Waals surface area contributed by atoms with Crippen LogP contribution in [0.4, 0.5) is 5.13 Å². The molecule has 6 nitrogen and oxygen atoms in total. The molecule has 150 valence electrons. The quantitative estimate of drug-likeness (QED) is 0.331. The zero-order chi connectivity index (χ0) is 18.1. The Hall–Kier alpha value is -0.610. The molecule has 1 aromatic heterocycles. The van der Waals surface area contributed by atoms with Gasteiger partial charge < -0.3 is 20.4 Å². The van der Waals surface area contributed by atoms with E-state index in [0.29, 0.717) is 6.54 Å². The molecule has 1 aliphatic rings. The number of anilines is 1. The van der Waals surface area contributed by atoms with Gasteiger partial charge in [0.1, 0.15) is 0 Å². The van der Waals surface area contributed by atoms with E-state index in [1.165, 1.54) is 38.9 Å². The Morgan fingerprint density at radius 2 is 2.04 bits per heavy atom. The molecule has 0 spiro atoms. The van der Waals surface area contributed by atoms with Gasteiger partial charge in [0.2, 0.25) is 0 Å². The summed E-state index contributed by atoms with van der Waals surface area (Å²) in [6, 6.07) is 0. The zero-order valence-corrected chi connectivity index (χ0v) is 19.8. The molecule has 1 aromatic rings. The Labute approximate surface area is 179 Å². The summed E-state index contributed by atoms with van der Waals surface area (Å²) in [6.07, 6.45) is 3.88. The van der Waals surface area contributed by atoms with Crippen molar-refractivity contribution in [1.82, 2.24) is 20.5 Å². The third kappa shape index (κ3) is 7.96. The molecular formula is C18H35IN6S. The minimum absolute atomic E-state index is 0. The summed E-state index contributed by atoms with van der Waals surface area (Å²) in [5, 5.41) is 9.93. The molecule has 0 amide bonds. The average Bonchev–Trinajstić information content (AvgIpc) is 3.09. The van der Waals surface area contributed by atoms with E-state index in [4.69, 9.17) is 0 Å². The van der Waals surface area contributed by atoms with Crippen LogP contribution in [0.1, 0.15) is 38.8 Å². The van der Waals surface area contributed by atoms with Crippen molar-refractivity contribution < 1.29 is 0 Å². The van der Waals surface area contributed by atoms with E-state index in [1.807, 2.05) is 19.0 Å². The molecule has 0 aromatic carbocycles. The van der Waals surface area contributed by atoms with Gasteiger partial charge in [0.15, 0.2) is 11.1 Å². The normalized spacial score (nSPS) is 16.2. The van der Waals surface area contributed by atoms with Gasteiger partial charge in [0, 0.05) is 32.6 Å². The number of nitrogens with zero attached hydrogens (tertiary/aromatic N) is 4. The Balaban J connectivity index is 0.00000338. The average molecular weight is 494 g/mol. The van der Waals surface area contributed by atoms with E-state index in [9.17, 15) is 0 Å². The molecule has 8 heteroatoms. The first-order valence-corrected chi connectivity index (χ1v) is 10.4. The number of guanidine groups is 1. The fraction of sp³-hybridized carbons (Fsp3) is 0.778. The molecule has 2 heterocycles. The molecule has 0 unspecified atom stereocenters. The third-order valence-corrected chi connectivity index (χ3v) is 5.72. The van der Waals surface area contributed by atoms with E-state index in [0.717, 1.165) is 35.8 Å². The summed E-state index contributed by atoms with van der Waals surface area (Å²) in [6.45, 7) is 10.5. The van der Waals surface area contributed by atoms with E-state index < -0.39 is 0 Å². The number of hydrogen-bond donors (Lipinski definition) is 2. The van der Waals surface area contributed by atoms with Gasteiger partial charge in [-0.3, -0.25) is 0 Å². The highest BCUT2D eigenvalue weighted by Gasteiger charge is 2.17. The van der Waals surface area contributed by atoms with Gasteiger partial charge in [0.25, 0.3) is 0 Å². The summed E-state index contributed by atoms with van der Waals surface area (Å²) in [5.41, 5.74) is 1.03. The van der Waals surface area contributed by atoms with Crippen molar-refractivity contribution in [2.24, 2.45) is 10.9 Å². The molecule has 1 aliphatic heterocycles. The minimum Gasteiger partial charge on any atom is -0.357 e. The van der Waals surface area contributed by atoms with Gasteiger partial charge in [-0.1, -0.05) is 6.92 Å². The summed E-state index contributed by atoms with van der Waals surface area (Å²) in [5.74, 6) is 1.74. The van der Waals surface area contributed by atoms with Gasteiger partial charge >= 0.3 is 0 Å². The number of likely N-dealkylation sites (tertiary alicyclic amines) is 1. The largest absolute Gasteiger partial charge is 0.357 e. The minimum atomic E-state index is 0. The maximum atomic E-state index is 4.68. The van der Waals surface area contributed by atoms with Crippen molar-refractivity contribution in [1.29, 1.82) is 0 Å². The topological polar surface area (TPSA) is 55.8 Å². The number of thiazole rings is 1. The van der Waals surface area contributed by atoms with Crippen LogP contribution in [-0.2, 0) is 6.54 Å². The molecule has 0 radical (unpaired) electrons. The fourth-order valence-corrected chi connectivity index (χ4v) is 3.81. The summed E-state index contributed by atoms with van der Waals surface area (Å²) in [4.78, 5) is 13.8. The number of nitrogens with one attached hydrogen (secondary N) is 2. The fourth-order valence-electron chi connectivity index (χ4n) is 3.06. The molecule has 0 aliphatic carbocycles. The van der Waals surface area contributed by atoms with Crippen molar-refractivity contribution in [3.8, 4) is 0 Å². The van der Waals surface area contributed by atoms with Gasteiger partial charge in [-0.2, -0.15) is 0 Å². The van der Waals surface area contributed by atoms with Crippen LogP contribution in [0.15, 0.2) is 10.4 Å². The second kappa shape index (κ2) is 12.7. The van der Waals surface area contributed by atoms with Crippen LogP contribution in [-0.4, -0.2) is 62.7 Å². The number of piperidine rings is 1. The van der Waals surface area contributed by atoms with E-state index in [2.05, 4.69) is 44.7 Å². The molecule has 0 saturated carbocycles. The molecular weight excluding hydrogens is 459 g/mol. The lowest BCUT2D eigenvalue weighted by atomic mass is 9.93. The van der Waals surface area contributed by atoms with Crippen LogP contribution in [0, 0.1) is 5.92 Å². The smallest absolute Gasteiger partial charge is 0.191 e. The van der Waals surface area contributed by atoms with Gasteiger partial charge in [0.05, 0.1) is 12.2 Å². The lowest BCUT2D eigenvalue weighted by Crippen LogP contribution is -2.39. The molecule has 1 fully saturated rings. The number of rotatable bonds is 8. The second-order valence-electron chi connectivity index (χ2n) is 6.80. The predicted molar refractivity (Wildman–Crippen MR) is 124 cm³/mol. The molecule has 0 bridgehead atoms. The van der Waals surface area contributed by atoms with E-state index >= 15 is 0 Å². The lowest BCUT2D eigenvalue weighted by Gasteiger charge is -2.31. The SMILES string of the molecule is CCNC(=NCc1csc(N(C)C)n1)NCCC1CCN(CC)CC1.I. The van der Waals surface area contributed by atoms with Crippen LogP contribution in [0.5, 0.6) is 0 Å². The lowest BCUT2D eigenvalue weighted by molar-refractivity contribution is 0.187. The maximum absolute atomic E-state index is 4.68. The van der Waals surface area contributed by atoms with Crippen LogP contribution in [0.3, 0.4) is 0 Å². The van der Waals surface area contributed by atoms with Crippen molar-refractivity contribution in [2.45, 2.75) is 39.7 Å². The standard InChI is InChI=1S/C18H34N6S.HI/c1-5-19-17(21-13-16-14-25-18(22-16)23(3)4)20-10-7-15-8-11-24(6-2)12-9-15;/h14-15H,5-13H2,1-4H3,(H2,19,20,21);1H. The first kappa shape index (κ1) is 23.4. The van der Waals surface area contributed by atoms with Crippen LogP contribution in [0.2, 0.25) is 0 Å². The van der Waals surface area contributed by atoms with Gasteiger partial charge in [-0.25, -0.2) is 9.98 Å². The van der Waals surface area contributed by atoms with Crippen molar-refractivity contribution in [2.75, 3.05) is 51.7 Å². The molecule has 1 saturated heterocycles. The summed E-state index contributed by atoms with van der Waals surface area (Å²) < 4.78 is 0. The number of hydrogen-bond acceptors (Lipinski definition) is 5. The molecule has 0 atom stereocenters. The Kier molecular flexibility index (Phi) is 11.5. The monoisotopic (exact) mass is 494 g/mol. The molecule has 2 rings (SSSR count). The van der Waals surface area contributed by atoms with Crippen molar-refractivity contribution in [3.05, 3.63) is 11.1 Å². The first-order chi connectivity index (χ1) is 12.1. The Bertz CT molecular complexity index is 526. The van der Waals surface area contributed by atoms with Crippen LogP contribution >= 0.6 is 35.3 Å². The third-order valence-electron chi connectivity index (χ3n) is 4.66. The van der Waals surface area contributed by atoms with E-state index in [1.54, 1.807) is 11.3 Å². The summed E-state index contributed by atoms with van der Waals surface area (Å²) >= 11 is 1.66. The van der Waals surface area contributed by atoms with Crippen molar-refractivity contribution in [3.63, 3.8) is 0 Å². The van der Waals surface area contributed by atoms with Gasteiger partial charge in [-0.05, 0) is 51.7 Å². The van der Waals surface area contributed by atoms with Crippen LogP contribution in [0.25, 0.3) is 0 Å². The Morgan fingerprint density at radius 1 is 1.31 bits per heavy atom. The number of aromatic nitrogens is 1. The van der Waals surface area contributed by atoms with Crippen molar-refractivity contribution >= 4 is 46.4 Å². The highest BCUT2D eigenvalue weighted by atomic mass is 127. The number of halogens is 1. The van der Waals surface area contributed by atoms with Gasteiger partial charge in [-0.15, -0.1) is 35.3 Å². The molecule has 26 heavy (non-hydrogen) atoms. The van der Waals surface area contributed by atoms with E-state index in [-0.39, 0.29) is 24.0 Å². The second-order valence-corrected chi connectivity index (χ2v) is 7.64. The first-order valence-electron chi connectivity index (χ1n) is 9.48. The Morgan fingerprint density at radius 3 is 2.62 bits per heavy atom. The highest BCUT2D eigenvalue weighted by Crippen LogP contribution is 2.20. The van der Waals surface area contributed by atoms with Crippen LogP contribution < -0.4 is 15.5 Å². The highest BCUT2D eigenvalue weighted by molar-refractivity contribution is 14.0.